The zero-order valence-corrected chi connectivity index (χ0v) is 22.2. The third-order valence-electron chi connectivity index (χ3n) is 3.97. The summed E-state index contributed by atoms with van der Waals surface area (Å²) in [6.45, 7) is 7.39. The fraction of sp³-hybridized carbons (Fsp3) is 0.650. The van der Waals surface area contributed by atoms with Crippen LogP contribution in [0.5, 0.6) is 5.88 Å². The molecule has 2 aromatic heterocycles. The molecular formula is C20H32N5O11P. The molecule has 0 saturated carbocycles. The van der Waals surface area contributed by atoms with Gasteiger partial charge in [-0.05, 0) is 34.6 Å². The molecule has 2 heterocycles. The largest absolute Gasteiger partial charge is 0.510 e. The molecule has 2 rings (SSSR count). The SMILES string of the molecule is CCOc1nc(N)nc2c1ncn2CCOCP(=O)(OCOC(=O)OC(C)C)OCOC(=O)OC(C)C. The number of fused-ring (bicyclic) bond motifs is 1. The number of hydrogen-bond donors (Lipinski definition) is 1. The smallest absolute Gasteiger partial charge is 0.476 e. The second kappa shape index (κ2) is 14.5. The van der Waals surface area contributed by atoms with Gasteiger partial charge in [-0.25, -0.2) is 14.6 Å². The summed E-state index contributed by atoms with van der Waals surface area (Å²) in [7, 11) is -4.06. The molecule has 0 saturated heterocycles. The van der Waals surface area contributed by atoms with Crippen molar-refractivity contribution in [1.82, 2.24) is 19.5 Å². The molecule has 37 heavy (non-hydrogen) atoms. The zero-order chi connectivity index (χ0) is 27.4. The lowest BCUT2D eigenvalue weighted by Gasteiger charge is -2.19. The number of anilines is 1. The van der Waals surface area contributed by atoms with Crippen molar-refractivity contribution < 1.29 is 51.6 Å². The molecule has 2 N–H and O–H groups in total. The molecule has 0 fully saturated rings. The molecule has 0 aromatic carbocycles. The first-order valence-electron chi connectivity index (χ1n) is 11.3. The summed E-state index contributed by atoms with van der Waals surface area (Å²) in [5.41, 5.74) is 6.59. The number of ether oxygens (including phenoxy) is 6. The fourth-order valence-corrected chi connectivity index (χ4v) is 3.55. The molecule has 17 heteroatoms. The molecule has 2 aromatic rings. The van der Waals surface area contributed by atoms with Gasteiger partial charge < -0.3 is 38.7 Å². The first kappa shape index (κ1) is 30.0. The molecule has 0 aliphatic carbocycles. The second-order valence-corrected chi connectivity index (χ2v) is 9.69. The zero-order valence-electron chi connectivity index (χ0n) is 21.3. The second-order valence-electron chi connectivity index (χ2n) is 7.69. The van der Waals surface area contributed by atoms with Crippen LogP contribution >= 0.6 is 7.60 Å². The number of imidazole rings is 1. The van der Waals surface area contributed by atoms with Gasteiger partial charge in [0.2, 0.25) is 25.4 Å². The topological polar surface area (TPSA) is 195 Å². The third-order valence-corrected chi connectivity index (χ3v) is 5.47. The van der Waals surface area contributed by atoms with Gasteiger partial charge in [-0.15, -0.1) is 0 Å². The highest BCUT2D eigenvalue weighted by Crippen LogP contribution is 2.48. The van der Waals surface area contributed by atoms with E-state index in [0.717, 1.165) is 0 Å². The van der Waals surface area contributed by atoms with Crippen molar-refractivity contribution in [2.75, 3.05) is 38.9 Å². The molecule has 0 atom stereocenters. The Bertz CT molecular complexity index is 1050. The van der Waals surface area contributed by atoms with Crippen molar-refractivity contribution in [2.24, 2.45) is 0 Å². The molecule has 16 nitrogen and oxygen atoms in total. The Labute approximate surface area is 213 Å². The standard InChI is InChI=1S/C20H32N5O11P/c1-6-30-17-15-16(23-18(21)24-17)25(9-22-15)7-8-29-12-37(28,33-10-31-19(26)35-13(2)3)34-11-32-20(27)36-14(4)5/h9,13-14H,6-8,10-12H2,1-5H3,(H2,21,23,24). The molecule has 0 amide bonds. The summed E-state index contributed by atoms with van der Waals surface area (Å²) in [5.74, 6) is 0.264. The average molecular weight is 549 g/mol. The maximum Gasteiger partial charge on any atom is 0.510 e. The van der Waals surface area contributed by atoms with Gasteiger partial charge >= 0.3 is 19.9 Å². The lowest BCUT2D eigenvalue weighted by molar-refractivity contribution is -0.0344. The van der Waals surface area contributed by atoms with Crippen LogP contribution in [-0.4, -0.2) is 77.2 Å². The van der Waals surface area contributed by atoms with Gasteiger partial charge in [0, 0.05) is 6.54 Å². The molecule has 0 aliphatic rings. The van der Waals surface area contributed by atoms with Gasteiger partial charge in [-0.1, -0.05) is 0 Å². The Kier molecular flexibility index (Phi) is 11.8. The molecule has 208 valence electrons. The predicted octanol–water partition coefficient (Wildman–Crippen LogP) is 3.05. The third kappa shape index (κ3) is 10.4. The van der Waals surface area contributed by atoms with E-state index < -0.39 is 52.0 Å². The summed E-state index contributed by atoms with van der Waals surface area (Å²) in [6, 6.07) is 0. The van der Waals surface area contributed by atoms with Crippen LogP contribution in [0.2, 0.25) is 0 Å². The van der Waals surface area contributed by atoms with Gasteiger partial charge in [-0.2, -0.15) is 9.97 Å². The van der Waals surface area contributed by atoms with Crippen LogP contribution in [-0.2, 0) is 43.8 Å². The van der Waals surface area contributed by atoms with Gasteiger partial charge in [-0.3, -0.25) is 13.6 Å². The van der Waals surface area contributed by atoms with Crippen LogP contribution in [0.15, 0.2) is 6.33 Å². The van der Waals surface area contributed by atoms with E-state index in [1.165, 1.54) is 6.33 Å². The lowest BCUT2D eigenvalue weighted by atomic mass is 10.5. The van der Waals surface area contributed by atoms with Crippen LogP contribution in [0, 0.1) is 0 Å². The van der Waals surface area contributed by atoms with Crippen molar-refractivity contribution in [3.63, 3.8) is 0 Å². The molecule has 0 radical (unpaired) electrons. The van der Waals surface area contributed by atoms with E-state index in [2.05, 4.69) is 15.0 Å². The van der Waals surface area contributed by atoms with Crippen LogP contribution < -0.4 is 10.5 Å². The lowest BCUT2D eigenvalue weighted by Crippen LogP contribution is -2.17. The van der Waals surface area contributed by atoms with E-state index >= 15 is 0 Å². The molecular weight excluding hydrogens is 517 g/mol. The first-order chi connectivity index (χ1) is 17.5. The van der Waals surface area contributed by atoms with Crippen LogP contribution in [0.3, 0.4) is 0 Å². The van der Waals surface area contributed by atoms with Gasteiger partial charge in [0.15, 0.2) is 11.2 Å². The highest BCUT2D eigenvalue weighted by atomic mass is 31.2. The monoisotopic (exact) mass is 549 g/mol. The van der Waals surface area contributed by atoms with Crippen LogP contribution in [0.4, 0.5) is 15.5 Å². The predicted molar refractivity (Wildman–Crippen MR) is 127 cm³/mol. The summed E-state index contributed by atoms with van der Waals surface area (Å²) >= 11 is 0. The van der Waals surface area contributed by atoms with E-state index in [1.54, 1.807) is 39.2 Å². The Morgan fingerprint density at radius 2 is 1.62 bits per heavy atom. The average Bonchev–Trinajstić information content (AvgIpc) is 3.19. The van der Waals surface area contributed by atoms with Crippen molar-refractivity contribution >= 4 is 37.0 Å². The number of hydrogen-bond acceptors (Lipinski definition) is 15. The molecule has 0 aliphatic heterocycles. The molecule has 0 bridgehead atoms. The number of aromatic nitrogens is 4. The number of nitrogens with zero attached hydrogens (tertiary/aromatic N) is 4. The van der Waals surface area contributed by atoms with Crippen molar-refractivity contribution in [2.45, 2.75) is 53.4 Å². The van der Waals surface area contributed by atoms with E-state index in [1.807, 2.05) is 0 Å². The Hall–Kier alpha value is -3.20. The van der Waals surface area contributed by atoms with Crippen LogP contribution in [0.25, 0.3) is 11.2 Å². The summed E-state index contributed by atoms with van der Waals surface area (Å²) in [6.07, 6.45) is -1.98. The maximum atomic E-state index is 13.0. The maximum absolute atomic E-state index is 13.0. The number of rotatable bonds is 15. The fourth-order valence-electron chi connectivity index (χ4n) is 2.55. The van der Waals surface area contributed by atoms with E-state index in [0.29, 0.717) is 17.8 Å². The normalized spacial score (nSPS) is 11.6. The first-order valence-corrected chi connectivity index (χ1v) is 13.0. The minimum atomic E-state index is -4.06. The molecule has 0 unspecified atom stereocenters. The van der Waals surface area contributed by atoms with E-state index in [4.69, 9.17) is 43.2 Å². The van der Waals surface area contributed by atoms with Crippen molar-refractivity contribution in [3.05, 3.63) is 6.33 Å². The van der Waals surface area contributed by atoms with E-state index in [9.17, 15) is 14.2 Å². The van der Waals surface area contributed by atoms with Gasteiger partial charge in [0.05, 0.1) is 31.7 Å². The van der Waals surface area contributed by atoms with Gasteiger partial charge in [0.25, 0.3) is 0 Å². The Morgan fingerprint density at radius 1 is 1.03 bits per heavy atom. The molecule has 0 spiro atoms. The summed E-state index contributed by atoms with van der Waals surface area (Å²) < 4.78 is 54.8. The van der Waals surface area contributed by atoms with E-state index in [-0.39, 0.29) is 25.0 Å². The number of carbonyl (C=O) groups is 2. The number of nitrogens with two attached hydrogens (primary N) is 1. The Morgan fingerprint density at radius 3 is 2.16 bits per heavy atom. The highest BCUT2D eigenvalue weighted by molar-refractivity contribution is 7.53. The number of nitrogen functional groups attached to an aromatic ring is 1. The quantitative estimate of drug-likeness (QED) is 0.147. The Balaban J connectivity index is 1.95. The minimum Gasteiger partial charge on any atom is -0.476 e. The minimum absolute atomic E-state index is 0.0110. The van der Waals surface area contributed by atoms with Crippen molar-refractivity contribution in [1.29, 1.82) is 0 Å². The van der Waals surface area contributed by atoms with Crippen LogP contribution in [0.1, 0.15) is 34.6 Å². The van der Waals surface area contributed by atoms with Gasteiger partial charge in [0.1, 0.15) is 6.35 Å². The van der Waals surface area contributed by atoms with Crippen molar-refractivity contribution in [3.8, 4) is 5.88 Å². The summed E-state index contributed by atoms with van der Waals surface area (Å²) in [5, 5.41) is 0. The highest BCUT2D eigenvalue weighted by Gasteiger charge is 2.28. The summed E-state index contributed by atoms with van der Waals surface area (Å²) in [4.78, 5) is 35.5. The number of carbonyl (C=O) groups excluding carboxylic acids is 2.